The van der Waals surface area contributed by atoms with E-state index in [1.807, 2.05) is 31.2 Å². The van der Waals surface area contributed by atoms with Gasteiger partial charge >= 0.3 is 0 Å². The number of sulfonamides is 1. The lowest BCUT2D eigenvalue weighted by Gasteiger charge is -2.09. The van der Waals surface area contributed by atoms with E-state index in [2.05, 4.69) is 20.2 Å². The number of aromatic nitrogens is 2. The van der Waals surface area contributed by atoms with Crippen molar-refractivity contribution in [3.8, 4) is 5.75 Å². The summed E-state index contributed by atoms with van der Waals surface area (Å²) in [4.78, 5) is 0.172. The molecule has 26 heavy (non-hydrogen) atoms. The van der Waals surface area contributed by atoms with Gasteiger partial charge in [0.25, 0.3) is 10.0 Å². The average molecular weight is 370 g/mol. The maximum Gasteiger partial charge on any atom is 0.263 e. The fourth-order valence-electron chi connectivity index (χ4n) is 2.19. The van der Waals surface area contributed by atoms with E-state index in [0.29, 0.717) is 5.82 Å². The zero-order valence-electron chi connectivity index (χ0n) is 14.3. The summed E-state index contributed by atoms with van der Waals surface area (Å²) in [6.07, 6.45) is 0. The molecule has 0 aliphatic heterocycles. The molecule has 1 heterocycles. The molecule has 0 fully saturated rings. The zero-order valence-corrected chi connectivity index (χ0v) is 15.1. The molecular formula is C18H18N4O3S. The van der Waals surface area contributed by atoms with E-state index in [4.69, 9.17) is 4.74 Å². The maximum atomic E-state index is 12.3. The third-order valence-electron chi connectivity index (χ3n) is 3.60. The minimum Gasteiger partial charge on any atom is -0.497 e. The van der Waals surface area contributed by atoms with E-state index in [1.165, 1.54) is 0 Å². The molecule has 134 valence electrons. The fourth-order valence-corrected chi connectivity index (χ4v) is 3.19. The molecule has 0 saturated heterocycles. The maximum absolute atomic E-state index is 12.3. The number of benzene rings is 2. The van der Waals surface area contributed by atoms with Gasteiger partial charge in [-0.05, 0) is 55.5 Å². The van der Waals surface area contributed by atoms with Crippen molar-refractivity contribution in [3.05, 3.63) is 66.2 Å². The number of anilines is 3. The van der Waals surface area contributed by atoms with Crippen molar-refractivity contribution >= 4 is 27.3 Å². The topological polar surface area (TPSA) is 93.2 Å². The molecule has 0 spiro atoms. The molecule has 3 aromatic rings. The molecule has 0 aliphatic carbocycles. The Hall–Kier alpha value is -3.13. The molecule has 0 unspecified atom stereocenters. The molecule has 7 nitrogen and oxygen atoms in total. The minimum atomic E-state index is -3.70. The SMILES string of the molecule is COc1ccc(Nc2ccc(NS(=O)(=O)c3ccc(C)cc3)nn2)cc1. The quantitative estimate of drug-likeness (QED) is 0.691. The lowest BCUT2D eigenvalue weighted by molar-refractivity contribution is 0.415. The third-order valence-corrected chi connectivity index (χ3v) is 4.97. The van der Waals surface area contributed by atoms with Gasteiger partial charge in [0, 0.05) is 5.69 Å². The predicted octanol–water partition coefficient (Wildman–Crippen LogP) is 3.34. The van der Waals surface area contributed by atoms with Crippen LogP contribution >= 0.6 is 0 Å². The van der Waals surface area contributed by atoms with E-state index < -0.39 is 10.0 Å². The molecule has 0 aliphatic rings. The molecular weight excluding hydrogens is 352 g/mol. The van der Waals surface area contributed by atoms with Gasteiger partial charge in [0.15, 0.2) is 11.6 Å². The molecule has 0 bridgehead atoms. The summed E-state index contributed by atoms with van der Waals surface area (Å²) in [5.74, 6) is 1.39. The van der Waals surface area contributed by atoms with Crippen molar-refractivity contribution in [1.82, 2.24) is 10.2 Å². The second-order valence-corrected chi connectivity index (χ2v) is 7.26. The van der Waals surface area contributed by atoms with E-state index in [-0.39, 0.29) is 10.7 Å². The number of methoxy groups -OCH3 is 1. The van der Waals surface area contributed by atoms with Gasteiger partial charge in [-0.1, -0.05) is 17.7 Å². The largest absolute Gasteiger partial charge is 0.497 e. The lowest BCUT2D eigenvalue weighted by atomic mass is 10.2. The third kappa shape index (κ3) is 4.28. The van der Waals surface area contributed by atoms with Crippen LogP contribution in [-0.2, 0) is 10.0 Å². The molecule has 0 saturated carbocycles. The van der Waals surface area contributed by atoms with Crippen LogP contribution in [0.5, 0.6) is 5.75 Å². The van der Waals surface area contributed by atoms with Crippen molar-refractivity contribution in [2.75, 3.05) is 17.1 Å². The van der Waals surface area contributed by atoms with E-state index in [1.54, 1.807) is 43.5 Å². The number of nitrogens with one attached hydrogen (secondary N) is 2. The van der Waals surface area contributed by atoms with Crippen LogP contribution in [0, 0.1) is 6.92 Å². The van der Waals surface area contributed by atoms with E-state index in [9.17, 15) is 8.42 Å². The second-order valence-electron chi connectivity index (χ2n) is 5.58. The number of hydrogen-bond donors (Lipinski definition) is 2. The summed E-state index contributed by atoms with van der Waals surface area (Å²) in [5.41, 5.74) is 1.80. The molecule has 0 atom stereocenters. The fraction of sp³-hybridized carbons (Fsp3) is 0.111. The van der Waals surface area contributed by atoms with Crippen molar-refractivity contribution < 1.29 is 13.2 Å². The highest BCUT2D eigenvalue weighted by Crippen LogP contribution is 2.19. The number of hydrogen-bond acceptors (Lipinski definition) is 6. The Labute approximate surface area is 152 Å². The highest BCUT2D eigenvalue weighted by molar-refractivity contribution is 7.92. The molecule has 1 aromatic heterocycles. The number of rotatable bonds is 6. The van der Waals surface area contributed by atoms with Crippen LogP contribution in [0.3, 0.4) is 0 Å². The van der Waals surface area contributed by atoms with Crippen LogP contribution in [0.4, 0.5) is 17.3 Å². The van der Waals surface area contributed by atoms with Gasteiger partial charge in [-0.3, -0.25) is 4.72 Å². The second kappa shape index (κ2) is 7.40. The Morgan fingerprint density at radius 3 is 2.04 bits per heavy atom. The molecule has 0 amide bonds. The smallest absolute Gasteiger partial charge is 0.263 e. The highest BCUT2D eigenvalue weighted by atomic mass is 32.2. The lowest BCUT2D eigenvalue weighted by Crippen LogP contribution is -2.14. The van der Waals surface area contributed by atoms with Crippen molar-refractivity contribution in [2.45, 2.75) is 11.8 Å². The summed E-state index contributed by atoms with van der Waals surface area (Å²) < 4.78 is 32.2. The molecule has 8 heteroatoms. The van der Waals surface area contributed by atoms with Gasteiger partial charge < -0.3 is 10.1 Å². The summed E-state index contributed by atoms with van der Waals surface area (Å²) in [6.45, 7) is 1.89. The Balaban J connectivity index is 1.69. The van der Waals surface area contributed by atoms with Gasteiger partial charge in [-0.25, -0.2) is 8.42 Å². The van der Waals surface area contributed by atoms with Gasteiger partial charge in [-0.2, -0.15) is 0 Å². The number of ether oxygens (including phenoxy) is 1. The van der Waals surface area contributed by atoms with Gasteiger partial charge in [-0.15, -0.1) is 10.2 Å². The summed E-state index contributed by atoms with van der Waals surface area (Å²) in [6, 6.07) is 17.1. The first-order chi connectivity index (χ1) is 12.5. The first-order valence-corrected chi connectivity index (χ1v) is 9.29. The molecule has 0 radical (unpaired) electrons. The van der Waals surface area contributed by atoms with Crippen LogP contribution in [-0.4, -0.2) is 25.7 Å². The monoisotopic (exact) mass is 370 g/mol. The Morgan fingerprint density at radius 1 is 0.846 bits per heavy atom. The first-order valence-electron chi connectivity index (χ1n) is 7.80. The van der Waals surface area contributed by atoms with Crippen molar-refractivity contribution in [3.63, 3.8) is 0 Å². The predicted molar refractivity (Wildman–Crippen MR) is 100 cm³/mol. The number of aryl methyl sites for hydroxylation is 1. The molecule has 2 N–H and O–H groups in total. The van der Waals surface area contributed by atoms with Crippen LogP contribution in [0.2, 0.25) is 0 Å². The van der Waals surface area contributed by atoms with Crippen molar-refractivity contribution in [2.24, 2.45) is 0 Å². The Kier molecular flexibility index (Phi) is 5.04. The van der Waals surface area contributed by atoms with E-state index >= 15 is 0 Å². The summed E-state index contributed by atoms with van der Waals surface area (Å²) >= 11 is 0. The van der Waals surface area contributed by atoms with Gasteiger partial charge in [0.05, 0.1) is 12.0 Å². The Bertz CT molecular complexity index is 970. The summed E-state index contributed by atoms with van der Waals surface area (Å²) in [5, 5.41) is 11.0. The van der Waals surface area contributed by atoms with Crippen LogP contribution in [0.1, 0.15) is 5.56 Å². The normalized spacial score (nSPS) is 11.0. The van der Waals surface area contributed by atoms with Gasteiger partial charge in [0.2, 0.25) is 0 Å². The summed E-state index contributed by atoms with van der Waals surface area (Å²) in [7, 11) is -2.09. The first kappa shape index (κ1) is 17.7. The van der Waals surface area contributed by atoms with Crippen LogP contribution in [0.15, 0.2) is 65.6 Å². The molecule has 3 rings (SSSR count). The average Bonchev–Trinajstić information content (AvgIpc) is 2.64. The number of nitrogens with zero attached hydrogens (tertiary/aromatic N) is 2. The van der Waals surface area contributed by atoms with Gasteiger partial charge in [0.1, 0.15) is 5.75 Å². The Morgan fingerprint density at radius 2 is 1.46 bits per heavy atom. The van der Waals surface area contributed by atoms with Crippen LogP contribution < -0.4 is 14.8 Å². The van der Waals surface area contributed by atoms with Crippen LogP contribution in [0.25, 0.3) is 0 Å². The zero-order chi connectivity index (χ0) is 18.6. The highest BCUT2D eigenvalue weighted by Gasteiger charge is 2.14. The standard InChI is InChI=1S/C18H18N4O3S/c1-13-3-9-16(10-4-13)26(23,24)22-18-12-11-17(20-21-18)19-14-5-7-15(25-2)8-6-14/h3-12H,1-2H3,(H,19,20)(H,21,22). The van der Waals surface area contributed by atoms with E-state index in [0.717, 1.165) is 17.0 Å². The van der Waals surface area contributed by atoms with Crippen molar-refractivity contribution in [1.29, 1.82) is 0 Å². The molecule has 2 aromatic carbocycles. The minimum absolute atomic E-state index is 0.144.